The van der Waals surface area contributed by atoms with E-state index in [9.17, 15) is 0 Å². The molecule has 2 nitrogen and oxygen atoms in total. The monoisotopic (exact) mass is 668 g/mol. The molecule has 0 aromatic rings. The Morgan fingerprint density at radius 2 is 0.395 bits per heavy atom. The molecule has 0 aliphatic heterocycles. The van der Waals surface area contributed by atoms with Crippen molar-refractivity contribution in [3.63, 3.8) is 0 Å². The first-order valence-corrected chi connectivity index (χ1v) is 17.3. The van der Waals surface area contributed by atoms with Crippen LogP contribution in [-0.4, -0.2) is 61.3 Å². The minimum absolute atomic E-state index is 0. The molecule has 0 saturated heterocycles. The van der Waals surface area contributed by atoms with Crippen LogP contribution in [0.5, 0.6) is 0 Å². The summed E-state index contributed by atoms with van der Waals surface area (Å²) in [5.41, 5.74) is 0. The van der Waals surface area contributed by atoms with E-state index in [1.807, 2.05) is 0 Å². The fourth-order valence-corrected chi connectivity index (χ4v) is 6.26. The van der Waals surface area contributed by atoms with E-state index in [2.05, 4.69) is 41.5 Å². The largest absolute Gasteiger partial charge is 1.00 e. The van der Waals surface area contributed by atoms with E-state index in [1.165, 1.54) is 190 Å². The zero-order valence-electron chi connectivity index (χ0n) is 27.4. The fraction of sp³-hybridized carbons (Fsp3) is 1.00. The van der Waals surface area contributed by atoms with Gasteiger partial charge in [0.15, 0.2) is 0 Å². The third-order valence-electron chi connectivity index (χ3n) is 8.93. The average molecular weight is 671 g/mol. The third-order valence-corrected chi connectivity index (χ3v) is 8.93. The Labute approximate surface area is 264 Å². The number of nitrogens with zero attached hydrogens (tertiary/aromatic N) is 2. The lowest BCUT2D eigenvalue weighted by atomic mass is 10.1. The zero-order valence-corrected chi connectivity index (χ0v) is 30.6. The highest BCUT2D eigenvalue weighted by molar-refractivity contribution is 4.54. The molecule has 0 rings (SSSR count). The minimum Gasteiger partial charge on any atom is -1.00 e. The number of hydrogen-bond donors (Lipinski definition) is 0. The van der Waals surface area contributed by atoms with Gasteiger partial charge in [-0.1, -0.05) is 106 Å². The van der Waals surface area contributed by atoms with Crippen molar-refractivity contribution in [1.82, 2.24) is 0 Å². The van der Waals surface area contributed by atoms with Gasteiger partial charge in [0.2, 0.25) is 0 Å². The van der Waals surface area contributed by atoms with Crippen molar-refractivity contribution in [1.29, 1.82) is 0 Å². The summed E-state index contributed by atoms with van der Waals surface area (Å²) in [5.74, 6) is 0. The fourth-order valence-electron chi connectivity index (χ4n) is 6.26. The number of halogens is 2. The van der Waals surface area contributed by atoms with Crippen LogP contribution in [-0.2, 0) is 0 Å². The Morgan fingerprint density at radius 1 is 0.237 bits per heavy atom. The van der Waals surface area contributed by atoms with Gasteiger partial charge in [-0.15, -0.1) is 0 Å². The molecule has 234 valence electrons. The van der Waals surface area contributed by atoms with Crippen LogP contribution in [0.3, 0.4) is 0 Å². The molecule has 0 bridgehead atoms. The van der Waals surface area contributed by atoms with E-state index in [1.54, 1.807) is 0 Å². The Morgan fingerprint density at radius 3 is 0.579 bits per heavy atom. The number of rotatable bonds is 29. The highest BCUT2D eigenvalue weighted by atomic mass is 79.9. The van der Waals surface area contributed by atoms with E-state index in [0.29, 0.717) is 0 Å². The van der Waals surface area contributed by atoms with Crippen LogP contribution in [0.1, 0.15) is 170 Å². The van der Waals surface area contributed by atoms with Crippen molar-refractivity contribution in [3.8, 4) is 0 Å². The molecule has 0 N–H and O–H groups in total. The summed E-state index contributed by atoms with van der Waals surface area (Å²) in [6.07, 6.45) is 28.4. The Balaban J connectivity index is -0.00000612. The SMILES string of the molecule is CCCC[N+](CCCC)(CCCC)CCCCCCCCCC[N+](CCCC)(CCCC)CCCC.[Br-].[Br-]. The molecule has 38 heavy (non-hydrogen) atoms. The molecule has 0 atom stereocenters. The first kappa shape index (κ1) is 43.3. The first-order valence-electron chi connectivity index (χ1n) is 17.3. The van der Waals surface area contributed by atoms with Crippen molar-refractivity contribution < 1.29 is 42.9 Å². The first-order chi connectivity index (χ1) is 17.6. The lowest BCUT2D eigenvalue weighted by Gasteiger charge is -2.39. The van der Waals surface area contributed by atoms with Crippen LogP contribution in [0.15, 0.2) is 0 Å². The number of quaternary nitrogens is 2. The second-order valence-electron chi connectivity index (χ2n) is 12.4. The molecular formula is C34H74Br2N2. The Hall–Kier alpha value is 0.880. The molecule has 0 radical (unpaired) electrons. The van der Waals surface area contributed by atoms with Crippen LogP contribution >= 0.6 is 0 Å². The molecule has 0 spiro atoms. The number of hydrogen-bond acceptors (Lipinski definition) is 0. The predicted octanol–water partition coefficient (Wildman–Crippen LogP) is 4.55. The summed E-state index contributed by atoms with van der Waals surface area (Å²) in [4.78, 5) is 0. The summed E-state index contributed by atoms with van der Waals surface area (Å²) in [7, 11) is 0. The molecule has 0 aromatic heterocycles. The van der Waals surface area contributed by atoms with Crippen molar-refractivity contribution in [2.75, 3.05) is 52.4 Å². The second-order valence-corrected chi connectivity index (χ2v) is 12.4. The lowest BCUT2D eigenvalue weighted by molar-refractivity contribution is -0.929. The van der Waals surface area contributed by atoms with Gasteiger partial charge in [0.05, 0.1) is 52.4 Å². The van der Waals surface area contributed by atoms with Crippen LogP contribution in [0, 0.1) is 0 Å². The van der Waals surface area contributed by atoms with Gasteiger partial charge in [-0.05, 0) is 64.2 Å². The van der Waals surface area contributed by atoms with Gasteiger partial charge < -0.3 is 42.9 Å². The molecule has 0 aliphatic carbocycles. The normalized spacial score (nSPS) is 11.8. The van der Waals surface area contributed by atoms with E-state index in [4.69, 9.17) is 0 Å². The van der Waals surface area contributed by atoms with Gasteiger partial charge in [-0.25, -0.2) is 0 Å². The predicted molar refractivity (Wildman–Crippen MR) is 166 cm³/mol. The zero-order chi connectivity index (χ0) is 26.8. The Bertz CT molecular complexity index is 361. The van der Waals surface area contributed by atoms with Crippen molar-refractivity contribution in [2.45, 2.75) is 170 Å². The smallest absolute Gasteiger partial charge is 0.0786 e. The molecule has 0 fully saturated rings. The summed E-state index contributed by atoms with van der Waals surface area (Å²) in [6, 6.07) is 0. The topological polar surface area (TPSA) is 0 Å². The molecule has 0 saturated carbocycles. The van der Waals surface area contributed by atoms with Gasteiger partial charge in [0.25, 0.3) is 0 Å². The minimum atomic E-state index is 0. The third kappa shape index (κ3) is 22.6. The molecule has 0 aromatic carbocycles. The molecular weight excluding hydrogens is 596 g/mol. The molecule has 0 aliphatic rings. The van der Waals surface area contributed by atoms with Crippen molar-refractivity contribution in [2.24, 2.45) is 0 Å². The molecule has 0 amide bonds. The van der Waals surface area contributed by atoms with Gasteiger partial charge in [0.1, 0.15) is 0 Å². The van der Waals surface area contributed by atoms with Crippen LogP contribution < -0.4 is 34.0 Å². The van der Waals surface area contributed by atoms with Gasteiger partial charge in [-0.3, -0.25) is 0 Å². The van der Waals surface area contributed by atoms with Gasteiger partial charge in [0, 0.05) is 0 Å². The highest BCUT2D eigenvalue weighted by Crippen LogP contribution is 2.20. The van der Waals surface area contributed by atoms with E-state index < -0.39 is 0 Å². The lowest BCUT2D eigenvalue weighted by Crippen LogP contribution is -3.00. The standard InChI is InChI=1S/C34H74N2.2BrH/c1-7-13-27-35(28-14-8-2,29-15-9-3)33-25-23-21-19-20-22-24-26-34-36(30-16-10-4,31-17-11-5)32-18-12-6;;/h7-34H2,1-6H3;2*1H/q+2;;/p-2. The maximum Gasteiger partial charge on any atom is 0.0786 e. The van der Waals surface area contributed by atoms with E-state index in [-0.39, 0.29) is 34.0 Å². The van der Waals surface area contributed by atoms with Crippen molar-refractivity contribution >= 4 is 0 Å². The molecule has 4 heteroatoms. The quantitative estimate of drug-likeness (QED) is 0.0810. The van der Waals surface area contributed by atoms with Crippen LogP contribution in [0.2, 0.25) is 0 Å². The number of unbranched alkanes of at least 4 members (excludes halogenated alkanes) is 13. The van der Waals surface area contributed by atoms with Crippen LogP contribution in [0.25, 0.3) is 0 Å². The van der Waals surface area contributed by atoms with Crippen molar-refractivity contribution in [3.05, 3.63) is 0 Å². The maximum atomic E-state index is 2.37. The van der Waals surface area contributed by atoms with Gasteiger partial charge >= 0.3 is 0 Å². The maximum absolute atomic E-state index is 2.37. The summed E-state index contributed by atoms with van der Waals surface area (Å²) < 4.78 is 2.87. The summed E-state index contributed by atoms with van der Waals surface area (Å²) >= 11 is 0. The molecule has 0 unspecified atom stereocenters. The van der Waals surface area contributed by atoms with Crippen LogP contribution in [0.4, 0.5) is 0 Å². The Kier molecular flexibility index (Phi) is 35.2. The average Bonchev–Trinajstić information content (AvgIpc) is 2.90. The van der Waals surface area contributed by atoms with E-state index >= 15 is 0 Å². The van der Waals surface area contributed by atoms with Gasteiger partial charge in [-0.2, -0.15) is 0 Å². The van der Waals surface area contributed by atoms with E-state index in [0.717, 1.165) is 0 Å². The molecule has 0 heterocycles. The highest BCUT2D eigenvalue weighted by Gasteiger charge is 2.26. The summed E-state index contributed by atoms with van der Waals surface area (Å²) in [6.45, 7) is 25.7. The second kappa shape index (κ2) is 30.8. The summed E-state index contributed by atoms with van der Waals surface area (Å²) in [5, 5.41) is 0.